The molecule has 2 aliphatic heterocycles. The van der Waals surface area contributed by atoms with Gasteiger partial charge in [0, 0.05) is 19.2 Å². The van der Waals surface area contributed by atoms with Gasteiger partial charge in [-0.15, -0.1) is 0 Å². The summed E-state index contributed by atoms with van der Waals surface area (Å²) in [7, 11) is 0. The summed E-state index contributed by atoms with van der Waals surface area (Å²) in [6.45, 7) is 8.24. The summed E-state index contributed by atoms with van der Waals surface area (Å²) in [6, 6.07) is 0.587. The first-order valence-corrected chi connectivity index (χ1v) is 8.46. The van der Waals surface area contributed by atoms with Crippen molar-refractivity contribution in [2.75, 3.05) is 19.7 Å². The normalized spacial score (nSPS) is 27.9. The Bertz CT molecular complexity index is 453. The van der Waals surface area contributed by atoms with Crippen LogP contribution >= 0.6 is 0 Å². The Morgan fingerprint density at radius 1 is 1.10 bits per heavy atom. The molecule has 118 valence electrons. The molecule has 0 saturated carbocycles. The number of hydrogen-bond donors (Lipinski definition) is 0. The molecule has 5 nitrogen and oxygen atoms in total. The number of aromatic nitrogens is 3. The minimum absolute atomic E-state index is 0.443. The van der Waals surface area contributed by atoms with Gasteiger partial charge in [-0.25, -0.2) is 9.67 Å². The van der Waals surface area contributed by atoms with E-state index in [1.54, 1.807) is 0 Å². The van der Waals surface area contributed by atoms with Crippen molar-refractivity contribution in [2.24, 2.45) is 0 Å². The lowest BCUT2D eigenvalue weighted by Crippen LogP contribution is -2.47. The van der Waals surface area contributed by atoms with Crippen molar-refractivity contribution in [3.8, 4) is 0 Å². The Morgan fingerprint density at radius 3 is 2.67 bits per heavy atom. The molecule has 2 aliphatic rings. The van der Waals surface area contributed by atoms with Gasteiger partial charge in [-0.1, -0.05) is 6.42 Å². The lowest BCUT2D eigenvalue weighted by Gasteiger charge is -2.38. The predicted molar refractivity (Wildman–Crippen MR) is 82.3 cm³/mol. The fourth-order valence-corrected chi connectivity index (χ4v) is 3.65. The third kappa shape index (κ3) is 3.83. The van der Waals surface area contributed by atoms with Crippen LogP contribution in [0, 0.1) is 13.8 Å². The van der Waals surface area contributed by atoms with E-state index in [0.29, 0.717) is 12.1 Å². The molecule has 21 heavy (non-hydrogen) atoms. The van der Waals surface area contributed by atoms with Crippen LogP contribution in [0.4, 0.5) is 0 Å². The summed E-state index contributed by atoms with van der Waals surface area (Å²) in [5, 5.41) is 4.53. The number of likely N-dealkylation sites (tertiary alicyclic amines) is 1. The topological polar surface area (TPSA) is 43.2 Å². The third-order valence-electron chi connectivity index (χ3n) is 4.81. The zero-order chi connectivity index (χ0) is 14.7. The maximum Gasteiger partial charge on any atom is 0.147 e. The highest BCUT2D eigenvalue weighted by atomic mass is 16.5. The van der Waals surface area contributed by atoms with Crippen molar-refractivity contribution in [2.45, 2.75) is 71.1 Å². The zero-order valence-corrected chi connectivity index (χ0v) is 13.4. The van der Waals surface area contributed by atoms with E-state index in [2.05, 4.69) is 26.6 Å². The SMILES string of the molecule is Cc1nc(C)n(C[C@H]2CCCCN2C[C@@H]2CCCCO2)n1. The Labute approximate surface area is 127 Å². The van der Waals surface area contributed by atoms with Crippen molar-refractivity contribution in [3.05, 3.63) is 11.6 Å². The van der Waals surface area contributed by atoms with Gasteiger partial charge in [0.05, 0.1) is 12.6 Å². The Kier molecular flexibility index (Phi) is 4.91. The van der Waals surface area contributed by atoms with Crippen LogP contribution in [0.3, 0.4) is 0 Å². The second kappa shape index (κ2) is 6.88. The van der Waals surface area contributed by atoms with Gasteiger partial charge in [0.2, 0.25) is 0 Å². The van der Waals surface area contributed by atoms with Gasteiger partial charge in [-0.05, 0) is 52.5 Å². The Balaban J connectivity index is 1.62. The van der Waals surface area contributed by atoms with E-state index < -0.39 is 0 Å². The van der Waals surface area contributed by atoms with Crippen LogP contribution in [0.25, 0.3) is 0 Å². The van der Waals surface area contributed by atoms with Gasteiger partial charge < -0.3 is 4.74 Å². The standard InChI is InChI=1S/C16H28N4O/c1-13-17-14(2)20(18-13)11-15-7-3-5-9-19(15)12-16-8-4-6-10-21-16/h15-16H,3-12H2,1-2H3/t15-,16+/m1/s1. The van der Waals surface area contributed by atoms with E-state index in [-0.39, 0.29) is 0 Å². The van der Waals surface area contributed by atoms with E-state index in [0.717, 1.165) is 31.3 Å². The van der Waals surface area contributed by atoms with Crippen molar-refractivity contribution >= 4 is 0 Å². The molecule has 1 aromatic rings. The highest BCUT2D eigenvalue weighted by Crippen LogP contribution is 2.22. The predicted octanol–water partition coefficient (Wildman–Crippen LogP) is 2.32. The summed E-state index contributed by atoms with van der Waals surface area (Å²) >= 11 is 0. The monoisotopic (exact) mass is 292 g/mol. The number of aryl methyl sites for hydroxylation is 2. The van der Waals surface area contributed by atoms with Crippen LogP contribution in [0.15, 0.2) is 0 Å². The molecule has 1 aromatic heterocycles. The molecule has 2 atom stereocenters. The second-order valence-corrected chi connectivity index (χ2v) is 6.52. The highest BCUT2D eigenvalue weighted by Gasteiger charge is 2.27. The Morgan fingerprint density at radius 2 is 1.95 bits per heavy atom. The van der Waals surface area contributed by atoms with Gasteiger partial charge in [0.1, 0.15) is 11.6 Å². The first kappa shape index (κ1) is 15.0. The molecule has 0 spiro atoms. The van der Waals surface area contributed by atoms with E-state index in [1.807, 2.05) is 6.92 Å². The van der Waals surface area contributed by atoms with Gasteiger partial charge in [0.15, 0.2) is 0 Å². The molecule has 0 aliphatic carbocycles. The number of rotatable bonds is 4. The van der Waals surface area contributed by atoms with Crippen LogP contribution < -0.4 is 0 Å². The molecular weight excluding hydrogens is 264 g/mol. The van der Waals surface area contributed by atoms with Gasteiger partial charge in [-0.2, -0.15) is 5.10 Å². The first-order valence-electron chi connectivity index (χ1n) is 8.46. The molecule has 0 radical (unpaired) electrons. The van der Waals surface area contributed by atoms with Crippen molar-refractivity contribution in [1.29, 1.82) is 0 Å². The quantitative estimate of drug-likeness (QED) is 0.854. The summed E-state index contributed by atoms with van der Waals surface area (Å²) in [5.41, 5.74) is 0. The average Bonchev–Trinajstić information content (AvgIpc) is 2.80. The molecule has 0 amide bonds. The summed E-state index contributed by atoms with van der Waals surface area (Å²) in [6.07, 6.45) is 8.15. The maximum atomic E-state index is 5.93. The Hall–Kier alpha value is -0.940. The van der Waals surface area contributed by atoms with E-state index >= 15 is 0 Å². The molecule has 3 rings (SSSR count). The molecule has 0 aromatic carbocycles. The molecular formula is C16H28N4O. The van der Waals surface area contributed by atoms with Gasteiger partial charge in [0.25, 0.3) is 0 Å². The number of ether oxygens (including phenoxy) is 1. The highest BCUT2D eigenvalue weighted by molar-refractivity contribution is 4.90. The minimum Gasteiger partial charge on any atom is -0.377 e. The molecule has 5 heteroatoms. The fourth-order valence-electron chi connectivity index (χ4n) is 3.65. The molecule has 0 bridgehead atoms. The van der Waals surface area contributed by atoms with Crippen LogP contribution in [0.5, 0.6) is 0 Å². The van der Waals surface area contributed by atoms with Crippen molar-refractivity contribution in [1.82, 2.24) is 19.7 Å². The molecule has 2 fully saturated rings. The summed E-state index contributed by atoms with van der Waals surface area (Å²) < 4.78 is 8.01. The van der Waals surface area contributed by atoms with Crippen LogP contribution in [-0.2, 0) is 11.3 Å². The third-order valence-corrected chi connectivity index (χ3v) is 4.81. The summed E-state index contributed by atoms with van der Waals surface area (Å²) in [5.74, 6) is 1.91. The smallest absolute Gasteiger partial charge is 0.147 e. The number of hydrogen-bond acceptors (Lipinski definition) is 4. The molecule has 0 N–H and O–H groups in total. The number of piperidine rings is 1. The minimum atomic E-state index is 0.443. The van der Waals surface area contributed by atoms with Gasteiger partial charge in [-0.3, -0.25) is 4.90 Å². The van der Waals surface area contributed by atoms with Crippen LogP contribution in [0.2, 0.25) is 0 Å². The average molecular weight is 292 g/mol. The lowest BCUT2D eigenvalue weighted by atomic mass is 10.00. The molecule has 3 heterocycles. The van der Waals surface area contributed by atoms with Gasteiger partial charge >= 0.3 is 0 Å². The van der Waals surface area contributed by atoms with Crippen molar-refractivity contribution in [3.63, 3.8) is 0 Å². The van der Waals surface area contributed by atoms with Crippen LogP contribution in [-0.4, -0.2) is 51.5 Å². The summed E-state index contributed by atoms with van der Waals surface area (Å²) in [4.78, 5) is 7.06. The van der Waals surface area contributed by atoms with E-state index in [4.69, 9.17) is 4.74 Å². The second-order valence-electron chi connectivity index (χ2n) is 6.52. The van der Waals surface area contributed by atoms with E-state index in [9.17, 15) is 0 Å². The van der Waals surface area contributed by atoms with E-state index in [1.165, 1.54) is 45.1 Å². The lowest BCUT2D eigenvalue weighted by molar-refractivity contribution is -0.0215. The van der Waals surface area contributed by atoms with Crippen LogP contribution in [0.1, 0.15) is 50.2 Å². The van der Waals surface area contributed by atoms with Crippen molar-refractivity contribution < 1.29 is 4.74 Å². The fraction of sp³-hybridized carbons (Fsp3) is 0.875. The first-order chi connectivity index (χ1) is 10.2. The molecule has 0 unspecified atom stereocenters. The molecule has 2 saturated heterocycles. The zero-order valence-electron chi connectivity index (χ0n) is 13.4. The largest absolute Gasteiger partial charge is 0.377 e. The number of nitrogens with zero attached hydrogens (tertiary/aromatic N) is 4. The maximum absolute atomic E-state index is 5.93.